The molecule has 0 bridgehead atoms. The molecule has 0 unspecified atom stereocenters. The van der Waals surface area contributed by atoms with Crippen LogP contribution in [0.5, 0.6) is 0 Å². The second-order valence-corrected chi connectivity index (χ2v) is 12.9. The van der Waals surface area contributed by atoms with Crippen LogP contribution < -0.4 is 15.5 Å². The zero-order valence-electron chi connectivity index (χ0n) is 22.9. The van der Waals surface area contributed by atoms with Crippen molar-refractivity contribution in [2.45, 2.75) is 56.7 Å². The van der Waals surface area contributed by atoms with Gasteiger partial charge in [-0.15, -0.1) is 11.3 Å². The summed E-state index contributed by atoms with van der Waals surface area (Å²) in [5.74, 6) is 1.08. The summed E-state index contributed by atoms with van der Waals surface area (Å²) in [6.45, 7) is 3.75. The molecule has 3 aromatic rings. The lowest BCUT2D eigenvalue weighted by Crippen LogP contribution is -2.46. The molecule has 11 heteroatoms. The minimum absolute atomic E-state index is 0.0379. The number of halogens is 3. The summed E-state index contributed by atoms with van der Waals surface area (Å²) in [6, 6.07) is 8.11. The SMILES string of the molecule is CNC(=O)c1ccc(NC2CC3(CCN(c4ncnc5sc(CC(F)(F)F)cc45)C3)C2)cc1C1CCN(C)CC1. The van der Waals surface area contributed by atoms with Crippen molar-refractivity contribution in [3.63, 3.8) is 0 Å². The molecule has 1 aromatic carbocycles. The Morgan fingerprint density at radius 1 is 1.15 bits per heavy atom. The Labute approximate surface area is 236 Å². The molecule has 2 saturated heterocycles. The zero-order chi connectivity index (χ0) is 28.1. The number of anilines is 2. The molecule has 2 aliphatic heterocycles. The van der Waals surface area contributed by atoms with Crippen LogP contribution >= 0.6 is 11.3 Å². The maximum atomic E-state index is 13.0. The summed E-state index contributed by atoms with van der Waals surface area (Å²) in [4.78, 5) is 26.8. The summed E-state index contributed by atoms with van der Waals surface area (Å²) in [7, 11) is 3.82. The second kappa shape index (κ2) is 10.5. The molecule has 3 fully saturated rings. The van der Waals surface area contributed by atoms with Gasteiger partial charge in [0, 0.05) is 42.3 Å². The number of piperidine rings is 1. The van der Waals surface area contributed by atoms with Crippen LogP contribution in [0, 0.1) is 5.41 Å². The normalized spacial score (nSPS) is 24.0. The smallest absolute Gasteiger partial charge is 0.382 e. The number of hydrogen-bond donors (Lipinski definition) is 2. The van der Waals surface area contributed by atoms with Gasteiger partial charge in [-0.25, -0.2) is 9.97 Å². The van der Waals surface area contributed by atoms with Crippen LogP contribution in [0.15, 0.2) is 30.6 Å². The number of likely N-dealkylation sites (tertiary alicyclic amines) is 1. The lowest BCUT2D eigenvalue weighted by molar-refractivity contribution is -0.126. The number of aromatic nitrogens is 2. The topological polar surface area (TPSA) is 73.4 Å². The molecule has 1 amide bonds. The van der Waals surface area contributed by atoms with Crippen molar-refractivity contribution in [2.24, 2.45) is 5.41 Å². The van der Waals surface area contributed by atoms with Crippen molar-refractivity contribution in [3.05, 3.63) is 46.6 Å². The number of amides is 1. The third-order valence-electron chi connectivity index (χ3n) is 8.88. The summed E-state index contributed by atoms with van der Waals surface area (Å²) in [5, 5.41) is 7.23. The van der Waals surface area contributed by atoms with Crippen LogP contribution in [0.2, 0.25) is 0 Å². The van der Waals surface area contributed by atoms with E-state index in [1.165, 1.54) is 6.33 Å². The van der Waals surface area contributed by atoms with Crippen LogP contribution in [0.1, 0.15) is 58.8 Å². The van der Waals surface area contributed by atoms with Gasteiger partial charge < -0.3 is 20.4 Å². The van der Waals surface area contributed by atoms with E-state index in [0.29, 0.717) is 16.8 Å². The maximum Gasteiger partial charge on any atom is 0.393 e. The van der Waals surface area contributed by atoms with E-state index < -0.39 is 12.6 Å². The number of alkyl halides is 3. The number of hydrogen-bond acceptors (Lipinski definition) is 7. The molecule has 4 heterocycles. The third-order valence-corrected chi connectivity index (χ3v) is 9.93. The van der Waals surface area contributed by atoms with Gasteiger partial charge >= 0.3 is 6.18 Å². The van der Waals surface area contributed by atoms with Crippen LogP contribution in [-0.2, 0) is 6.42 Å². The molecule has 40 heavy (non-hydrogen) atoms. The van der Waals surface area contributed by atoms with Crippen LogP contribution in [0.4, 0.5) is 24.7 Å². The summed E-state index contributed by atoms with van der Waals surface area (Å²) >= 11 is 1.10. The quantitative estimate of drug-likeness (QED) is 0.410. The van der Waals surface area contributed by atoms with E-state index >= 15 is 0 Å². The van der Waals surface area contributed by atoms with Gasteiger partial charge in [-0.2, -0.15) is 13.2 Å². The average molecular weight is 573 g/mol. The Kier molecular flexibility index (Phi) is 7.14. The van der Waals surface area contributed by atoms with Gasteiger partial charge in [0.2, 0.25) is 0 Å². The van der Waals surface area contributed by atoms with Crippen molar-refractivity contribution < 1.29 is 18.0 Å². The fourth-order valence-electron chi connectivity index (χ4n) is 6.85. The maximum absolute atomic E-state index is 13.0. The zero-order valence-corrected chi connectivity index (χ0v) is 23.7. The van der Waals surface area contributed by atoms with E-state index in [-0.39, 0.29) is 16.2 Å². The highest BCUT2D eigenvalue weighted by Gasteiger charge is 2.49. The van der Waals surface area contributed by atoms with E-state index in [4.69, 9.17) is 0 Å². The van der Waals surface area contributed by atoms with Crippen LogP contribution in [-0.4, -0.2) is 73.3 Å². The van der Waals surface area contributed by atoms with E-state index in [0.717, 1.165) is 97.6 Å². The van der Waals surface area contributed by atoms with E-state index in [2.05, 4.69) is 43.5 Å². The lowest BCUT2D eigenvalue weighted by Gasteiger charge is -2.46. The first-order chi connectivity index (χ1) is 19.1. The van der Waals surface area contributed by atoms with Crippen molar-refractivity contribution in [2.75, 3.05) is 50.5 Å². The fourth-order valence-corrected chi connectivity index (χ4v) is 7.87. The Bertz CT molecular complexity index is 1390. The van der Waals surface area contributed by atoms with Gasteiger partial charge in [0.1, 0.15) is 17.0 Å². The second-order valence-electron chi connectivity index (χ2n) is 11.8. The first-order valence-electron chi connectivity index (χ1n) is 14.0. The Balaban J connectivity index is 1.12. The Morgan fingerprint density at radius 3 is 2.65 bits per heavy atom. The Morgan fingerprint density at radius 2 is 1.93 bits per heavy atom. The van der Waals surface area contributed by atoms with Gasteiger partial charge in [0.25, 0.3) is 5.91 Å². The molecule has 2 aromatic heterocycles. The molecule has 1 saturated carbocycles. The number of benzene rings is 1. The first kappa shape index (κ1) is 27.3. The van der Waals surface area contributed by atoms with Gasteiger partial charge in [-0.1, -0.05) is 0 Å². The van der Waals surface area contributed by atoms with Crippen molar-refractivity contribution in [1.82, 2.24) is 20.2 Å². The molecule has 1 aliphatic carbocycles. The first-order valence-corrected chi connectivity index (χ1v) is 14.8. The van der Waals surface area contributed by atoms with Crippen LogP contribution in [0.3, 0.4) is 0 Å². The number of fused-ring (bicyclic) bond motifs is 1. The highest BCUT2D eigenvalue weighted by Crippen LogP contribution is 2.50. The molecule has 0 radical (unpaired) electrons. The van der Waals surface area contributed by atoms with Gasteiger partial charge in [0.15, 0.2) is 0 Å². The third kappa shape index (κ3) is 5.50. The number of nitrogens with one attached hydrogen (secondary N) is 2. The van der Waals surface area contributed by atoms with Crippen molar-refractivity contribution in [3.8, 4) is 0 Å². The molecule has 0 atom stereocenters. The standard InChI is InChI=1S/C29H35F3N6OS/c1-33-26(39)22-4-3-19(11-23(22)18-5-8-37(2)9-6-18)36-20-13-28(14-20)7-10-38(16-28)25-24-12-21(15-29(30,31)32)40-27(24)35-17-34-25/h3-4,11-12,17-18,20,36H,5-10,13-16H2,1-2H3,(H,33,39). The summed E-state index contributed by atoms with van der Waals surface area (Å²) in [6.07, 6.45) is 1.47. The van der Waals surface area contributed by atoms with Gasteiger partial charge in [-0.3, -0.25) is 4.79 Å². The molecule has 3 aliphatic rings. The average Bonchev–Trinajstić information content (AvgIpc) is 3.51. The molecule has 214 valence electrons. The molecule has 2 N–H and O–H groups in total. The number of rotatable bonds is 6. The lowest BCUT2D eigenvalue weighted by atomic mass is 9.65. The van der Waals surface area contributed by atoms with E-state index in [9.17, 15) is 18.0 Å². The summed E-state index contributed by atoms with van der Waals surface area (Å²) < 4.78 is 38.9. The number of thiophene rings is 1. The molecule has 7 nitrogen and oxygen atoms in total. The van der Waals surface area contributed by atoms with E-state index in [1.807, 2.05) is 12.1 Å². The van der Waals surface area contributed by atoms with Crippen molar-refractivity contribution in [1.29, 1.82) is 0 Å². The van der Waals surface area contributed by atoms with Crippen molar-refractivity contribution >= 4 is 39.0 Å². The Hall–Kier alpha value is -2.92. The minimum Gasteiger partial charge on any atom is -0.382 e. The van der Waals surface area contributed by atoms with E-state index in [1.54, 1.807) is 13.1 Å². The molecule has 6 rings (SSSR count). The van der Waals surface area contributed by atoms with Crippen LogP contribution in [0.25, 0.3) is 10.2 Å². The predicted molar refractivity (Wildman–Crippen MR) is 152 cm³/mol. The summed E-state index contributed by atoms with van der Waals surface area (Å²) in [5.41, 5.74) is 3.14. The van der Waals surface area contributed by atoms with Gasteiger partial charge in [0.05, 0.1) is 11.8 Å². The molecular formula is C29H35F3N6OS. The fraction of sp³-hybridized carbons (Fsp3) is 0.552. The number of carbonyl (C=O) groups excluding carboxylic acids is 1. The molecule has 1 spiro atoms. The molecular weight excluding hydrogens is 537 g/mol. The predicted octanol–water partition coefficient (Wildman–Crippen LogP) is 5.44. The monoisotopic (exact) mass is 572 g/mol. The number of nitrogens with zero attached hydrogens (tertiary/aromatic N) is 4. The number of carbonyl (C=O) groups is 1. The highest BCUT2D eigenvalue weighted by atomic mass is 32.1. The van der Waals surface area contributed by atoms with Gasteiger partial charge in [-0.05, 0) is 93.4 Å². The highest BCUT2D eigenvalue weighted by molar-refractivity contribution is 7.18. The largest absolute Gasteiger partial charge is 0.393 e. The minimum atomic E-state index is -4.24.